The predicted octanol–water partition coefficient (Wildman–Crippen LogP) is -0.710. The Morgan fingerprint density at radius 1 is 1.71 bits per heavy atom. The summed E-state index contributed by atoms with van der Waals surface area (Å²) in [6.45, 7) is 0. The van der Waals surface area contributed by atoms with E-state index < -0.39 is 11.7 Å². The molecule has 0 aliphatic carbocycles. The lowest BCUT2D eigenvalue weighted by atomic mass is 10.4. The second-order valence-electron chi connectivity index (χ2n) is 0.837. The van der Waals surface area contributed by atoms with E-state index in [9.17, 15) is 9.59 Å². The Bertz CT molecular complexity index is 117. The van der Waals surface area contributed by atoms with Crippen molar-refractivity contribution in [3.05, 3.63) is 0 Å². The molecular weight excluding hydrogens is 98.0 g/mol. The number of rotatable bonds is 2. The van der Waals surface area contributed by atoms with Crippen molar-refractivity contribution in [2.75, 3.05) is 0 Å². The highest BCUT2D eigenvalue weighted by atomic mass is 16.4. The van der Waals surface area contributed by atoms with Crippen LogP contribution in [0.15, 0.2) is 0 Å². The van der Waals surface area contributed by atoms with Gasteiger partial charge in [-0.1, -0.05) is 0 Å². The molecule has 0 bridgehead atoms. The topological polar surface area (TPSA) is 78.2 Å². The van der Waals surface area contributed by atoms with Gasteiger partial charge in [0, 0.05) is 0 Å². The Balaban J connectivity index is 3.81. The number of carbonyl (C=O) groups is 2. The van der Waals surface area contributed by atoms with E-state index >= 15 is 0 Å². The first-order valence-corrected chi connectivity index (χ1v) is 1.45. The Morgan fingerprint density at radius 2 is 2.14 bits per heavy atom. The molecule has 0 aromatic carbocycles. The first kappa shape index (κ1) is 5.81. The SMILES string of the molecule is N=C(C=O)C(=O)O. The van der Waals surface area contributed by atoms with Crippen molar-refractivity contribution in [3.63, 3.8) is 0 Å². The molecule has 38 valence electrons. The molecule has 0 aliphatic rings. The van der Waals surface area contributed by atoms with E-state index in [2.05, 4.69) is 0 Å². The lowest BCUT2D eigenvalue weighted by molar-refractivity contribution is -0.129. The second-order valence-corrected chi connectivity index (χ2v) is 0.837. The molecule has 0 fully saturated rings. The minimum Gasteiger partial charge on any atom is -0.476 e. The zero-order valence-electron chi connectivity index (χ0n) is 3.34. The molecule has 0 aromatic rings. The van der Waals surface area contributed by atoms with E-state index in [4.69, 9.17) is 10.5 Å². The quantitative estimate of drug-likeness (QED) is 0.274. The number of hydrogen-bond donors (Lipinski definition) is 2. The normalized spacial score (nSPS) is 7.43. The van der Waals surface area contributed by atoms with Crippen LogP contribution in [0.4, 0.5) is 0 Å². The van der Waals surface area contributed by atoms with E-state index in [0.29, 0.717) is 0 Å². The molecule has 0 saturated heterocycles. The second kappa shape index (κ2) is 2.07. The van der Waals surface area contributed by atoms with E-state index in [0.717, 1.165) is 0 Å². The molecule has 0 rings (SSSR count). The van der Waals surface area contributed by atoms with Gasteiger partial charge in [0.05, 0.1) is 0 Å². The van der Waals surface area contributed by atoms with Crippen molar-refractivity contribution in [2.45, 2.75) is 0 Å². The van der Waals surface area contributed by atoms with Gasteiger partial charge >= 0.3 is 5.97 Å². The monoisotopic (exact) mass is 101 g/mol. The van der Waals surface area contributed by atoms with Gasteiger partial charge in [0.1, 0.15) is 0 Å². The third-order valence-corrected chi connectivity index (χ3v) is 0.348. The van der Waals surface area contributed by atoms with Crippen LogP contribution in [-0.4, -0.2) is 23.1 Å². The van der Waals surface area contributed by atoms with Crippen LogP contribution in [0.1, 0.15) is 0 Å². The fourth-order valence-electron chi connectivity index (χ4n) is 0.0504. The van der Waals surface area contributed by atoms with Crippen LogP contribution in [0.5, 0.6) is 0 Å². The first-order valence-electron chi connectivity index (χ1n) is 1.45. The van der Waals surface area contributed by atoms with E-state index in [1.165, 1.54) is 0 Å². The molecular formula is C3H3NO3. The Morgan fingerprint density at radius 3 is 2.14 bits per heavy atom. The summed E-state index contributed by atoms with van der Waals surface area (Å²) >= 11 is 0. The smallest absolute Gasteiger partial charge is 0.357 e. The third kappa shape index (κ3) is 1.64. The van der Waals surface area contributed by atoms with Crippen LogP contribution < -0.4 is 0 Å². The highest BCUT2D eigenvalue weighted by Crippen LogP contribution is 1.61. The van der Waals surface area contributed by atoms with Gasteiger partial charge in [-0.15, -0.1) is 0 Å². The average molecular weight is 101 g/mol. The molecule has 0 radical (unpaired) electrons. The molecule has 2 N–H and O–H groups in total. The maximum atomic E-state index is 9.47. The maximum Gasteiger partial charge on any atom is 0.357 e. The largest absolute Gasteiger partial charge is 0.476 e. The average Bonchev–Trinajstić information content (AvgIpc) is 1.65. The van der Waals surface area contributed by atoms with Crippen molar-refractivity contribution in [2.24, 2.45) is 0 Å². The number of nitrogens with one attached hydrogen (secondary N) is 1. The minimum absolute atomic E-state index is 0.0255. The van der Waals surface area contributed by atoms with Gasteiger partial charge in [-0.3, -0.25) is 10.2 Å². The van der Waals surface area contributed by atoms with E-state index in [-0.39, 0.29) is 6.29 Å². The molecule has 0 aliphatic heterocycles. The highest BCUT2D eigenvalue weighted by molar-refractivity contribution is 6.56. The maximum absolute atomic E-state index is 9.47. The molecule has 0 amide bonds. The standard InChI is InChI=1S/C3H3NO3/c4-2(1-5)3(6)7/h1,4H,(H,6,7). The van der Waals surface area contributed by atoms with Crippen LogP contribution >= 0.6 is 0 Å². The van der Waals surface area contributed by atoms with Gasteiger partial charge in [0.25, 0.3) is 0 Å². The summed E-state index contributed by atoms with van der Waals surface area (Å²) in [6, 6.07) is 0. The minimum atomic E-state index is -1.49. The molecule has 0 unspecified atom stereocenters. The molecule has 0 spiro atoms. The van der Waals surface area contributed by atoms with Crippen molar-refractivity contribution in [1.82, 2.24) is 0 Å². The molecule has 0 atom stereocenters. The number of aldehydes is 1. The third-order valence-electron chi connectivity index (χ3n) is 0.348. The van der Waals surface area contributed by atoms with Gasteiger partial charge in [0.15, 0.2) is 12.0 Å². The number of carbonyl (C=O) groups excluding carboxylic acids is 1. The molecule has 0 aromatic heterocycles. The predicted molar refractivity (Wildman–Crippen MR) is 21.4 cm³/mol. The lowest BCUT2D eigenvalue weighted by Gasteiger charge is -1.76. The van der Waals surface area contributed by atoms with Crippen LogP contribution in [0.25, 0.3) is 0 Å². The summed E-state index contributed by atoms with van der Waals surface area (Å²) in [5, 5.41) is 14.0. The number of carboxylic acid groups (broad SMARTS) is 1. The number of carboxylic acids is 1. The summed E-state index contributed by atoms with van der Waals surface area (Å²) in [6.07, 6.45) is -0.0255. The van der Waals surface area contributed by atoms with Gasteiger partial charge in [-0.2, -0.15) is 0 Å². The Labute approximate surface area is 39.3 Å². The highest BCUT2D eigenvalue weighted by Gasteiger charge is 2.00. The Kier molecular flexibility index (Phi) is 1.72. The molecule has 4 nitrogen and oxygen atoms in total. The molecule has 7 heavy (non-hydrogen) atoms. The summed E-state index contributed by atoms with van der Waals surface area (Å²) in [5.41, 5.74) is -0.917. The van der Waals surface area contributed by atoms with Crippen LogP contribution in [0.2, 0.25) is 0 Å². The molecule has 4 heteroatoms. The fourth-order valence-corrected chi connectivity index (χ4v) is 0.0504. The lowest BCUT2D eigenvalue weighted by Crippen LogP contribution is -2.11. The van der Waals surface area contributed by atoms with Gasteiger partial charge in [0.2, 0.25) is 0 Å². The summed E-state index contributed by atoms with van der Waals surface area (Å²) in [5.74, 6) is -1.49. The fraction of sp³-hybridized carbons (Fsp3) is 0. The van der Waals surface area contributed by atoms with Crippen LogP contribution in [-0.2, 0) is 9.59 Å². The van der Waals surface area contributed by atoms with Gasteiger partial charge < -0.3 is 5.11 Å². The van der Waals surface area contributed by atoms with E-state index in [1.54, 1.807) is 0 Å². The number of aliphatic carboxylic acids is 1. The van der Waals surface area contributed by atoms with E-state index in [1.807, 2.05) is 0 Å². The van der Waals surface area contributed by atoms with Gasteiger partial charge in [-0.25, -0.2) is 4.79 Å². The van der Waals surface area contributed by atoms with Crippen molar-refractivity contribution >= 4 is 18.0 Å². The Hall–Kier alpha value is -1.19. The zero-order chi connectivity index (χ0) is 5.86. The summed E-state index contributed by atoms with van der Waals surface area (Å²) in [7, 11) is 0. The van der Waals surface area contributed by atoms with Crippen molar-refractivity contribution < 1.29 is 14.7 Å². The zero-order valence-corrected chi connectivity index (χ0v) is 3.34. The summed E-state index contributed by atoms with van der Waals surface area (Å²) in [4.78, 5) is 18.8. The summed E-state index contributed by atoms with van der Waals surface area (Å²) < 4.78 is 0. The van der Waals surface area contributed by atoms with Gasteiger partial charge in [-0.05, 0) is 0 Å². The molecule has 0 saturated carbocycles. The first-order chi connectivity index (χ1) is 3.18. The molecule has 0 heterocycles. The van der Waals surface area contributed by atoms with Crippen LogP contribution in [0.3, 0.4) is 0 Å². The van der Waals surface area contributed by atoms with Crippen molar-refractivity contribution in [3.8, 4) is 0 Å². The number of hydrogen-bond acceptors (Lipinski definition) is 3. The van der Waals surface area contributed by atoms with Crippen molar-refractivity contribution in [1.29, 1.82) is 5.41 Å². The van der Waals surface area contributed by atoms with Crippen LogP contribution in [0, 0.1) is 5.41 Å².